The number of rotatable bonds is 2. The number of halogens is 1. The maximum absolute atomic E-state index is 12.4. The van der Waals surface area contributed by atoms with Gasteiger partial charge in [0.05, 0.1) is 0 Å². The van der Waals surface area contributed by atoms with Gasteiger partial charge < -0.3 is 14.5 Å². The summed E-state index contributed by atoms with van der Waals surface area (Å²) in [4.78, 5) is 13.2. The van der Waals surface area contributed by atoms with Crippen LogP contribution >= 0.6 is 0 Å². The van der Waals surface area contributed by atoms with Gasteiger partial charge in [-0.3, -0.25) is 0 Å². The maximum Gasteiger partial charge on any atom is 0.546 e. The molecule has 0 aliphatic rings. The summed E-state index contributed by atoms with van der Waals surface area (Å²) in [7, 11) is 0. The highest BCUT2D eigenvalue weighted by Crippen LogP contribution is 2.23. The van der Waals surface area contributed by atoms with E-state index in [0.717, 1.165) is 0 Å². The number of nitro groups is 1. The summed E-state index contributed by atoms with van der Waals surface area (Å²) in [6, 6.07) is 3.97. The van der Waals surface area contributed by atoms with Gasteiger partial charge in [-0.1, -0.05) is 12.1 Å². The van der Waals surface area contributed by atoms with Crippen molar-refractivity contribution >= 4 is 17.1 Å². The lowest BCUT2D eigenvalue weighted by atomic mass is 10.2. The van der Waals surface area contributed by atoms with Gasteiger partial charge in [0.1, 0.15) is 6.67 Å². The van der Waals surface area contributed by atoms with Crippen molar-refractivity contribution in [3.63, 3.8) is 0 Å². The first-order chi connectivity index (χ1) is 6.72. The molecule has 0 aliphatic heterocycles. The highest BCUT2D eigenvalue weighted by Gasteiger charge is 2.19. The Morgan fingerprint density at radius 3 is 3.00 bits per heavy atom. The quantitative estimate of drug-likeness (QED) is 0.545. The lowest BCUT2D eigenvalue weighted by molar-refractivity contribution is -0.406. The number of nitrogens with zero attached hydrogens (tertiary/aromatic N) is 2. The Morgan fingerprint density at radius 1 is 1.57 bits per heavy atom. The Kier molecular flexibility index (Phi) is 1.88. The third kappa shape index (κ3) is 1.20. The van der Waals surface area contributed by atoms with Gasteiger partial charge in [0.15, 0.2) is 5.58 Å². The lowest BCUT2D eigenvalue weighted by Gasteiger charge is -1.88. The van der Waals surface area contributed by atoms with Crippen molar-refractivity contribution in [3.8, 4) is 0 Å². The molecule has 14 heavy (non-hydrogen) atoms. The third-order valence-corrected chi connectivity index (χ3v) is 1.79. The SMILES string of the molecule is O=[N+]([O-])c1nc2c(CF)cccc2o1. The summed E-state index contributed by atoms with van der Waals surface area (Å²) in [5, 5.41) is 10.3. The molecule has 0 fully saturated rings. The Bertz CT molecular complexity index is 494. The van der Waals surface area contributed by atoms with E-state index < -0.39 is 17.6 Å². The second-order valence-corrected chi connectivity index (χ2v) is 2.65. The zero-order valence-corrected chi connectivity index (χ0v) is 6.94. The minimum Gasteiger partial charge on any atom is -0.381 e. The molecule has 0 atom stereocenters. The Hall–Kier alpha value is -1.98. The largest absolute Gasteiger partial charge is 0.546 e. The molecule has 6 heteroatoms. The zero-order chi connectivity index (χ0) is 10.1. The zero-order valence-electron chi connectivity index (χ0n) is 6.94. The molecule has 0 amide bonds. The molecule has 2 rings (SSSR count). The molecule has 1 aromatic heterocycles. The van der Waals surface area contributed by atoms with Gasteiger partial charge in [0.25, 0.3) is 0 Å². The molecular weight excluding hydrogens is 191 g/mol. The number of hydrogen-bond acceptors (Lipinski definition) is 4. The normalized spacial score (nSPS) is 10.6. The van der Waals surface area contributed by atoms with E-state index in [0.29, 0.717) is 5.56 Å². The van der Waals surface area contributed by atoms with E-state index in [2.05, 4.69) is 4.98 Å². The molecular formula is C8H5FN2O3. The van der Waals surface area contributed by atoms with Crippen molar-refractivity contribution in [2.24, 2.45) is 0 Å². The monoisotopic (exact) mass is 196 g/mol. The van der Waals surface area contributed by atoms with Gasteiger partial charge in [-0.15, -0.1) is 0 Å². The summed E-state index contributed by atoms with van der Waals surface area (Å²) in [6.07, 6.45) is 0. The van der Waals surface area contributed by atoms with Crippen LogP contribution < -0.4 is 0 Å². The molecule has 0 N–H and O–H groups in total. The second kappa shape index (κ2) is 3.06. The summed E-state index contributed by atoms with van der Waals surface area (Å²) < 4.78 is 17.2. The van der Waals surface area contributed by atoms with Crippen LogP contribution in [0.3, 0.4) is 0 Å². The van der Waals surface area contributed by atoms with Gasteiger partial charge >= 0.3 is 6.01 Å². The van der Waals surface area contributed by atoms with Crippen molar-refractivity contribution in [1.29, 1.82) is 0 Å². The lowest BCUT2D eigenvalue weighted by Crippen LogP contribution is -1.86. The van der Waals surface area contributed by atoms with Gasteiger partial charge in [0.2, 0.25) is 5.52 Å². The smallest absolute Gasteiger partial charge is 0.381 e. The molecule has 0 radical (unpaired) electrons. The summed E-state index contributed by atoms with van der Waals surface area (Å²) >= 11 is 0. The fourth-order valence-electron chi connectivity index (χ4n) is 1.18. The molecule has 0 spiro atoms. The first-order valence-electron chi connectivity index (χ1n) is 3.81. The van der Waals surface area contributed by atoms with Crippen LogP contribution in [0.4, 0.5) is 10.4 Å². The minimum atomic E-state index is -0.748. The van der Waals surface area contributed by atoms with E-state index in [-0.39, 0.29) is 11.1 Å². The van der Waals surface area contributed by atoms with Gasteiger partial charge in [0, 0.05) is 15.5 Å². The van der Waals surface area contributed by atoms with E-state index in [9.17, 15) is 14.5 Å². The fraction of sp³-hybridized carbons (Fsp3) is 0.125. The van der Waals surface area contributed by atoms with Gasteiger partial charge in [-0.2, -0.15) is 0 Å². The molecule has 2 aromatic rings. The van der Waals surface area contributed by atoms with Gasteiger partial charge in [-0.25, -0.2) is 4.39 Å². The Morgan fingerprint density at radius 2 is 2.36 bits per heavy atom. The number of aromatic nitrogens is 1. The van der Waals surface area contributed by atoms with E-state index in [1.54, 1.807) is 6.07 Å². The van der Waals surface area contributed by atoms with Crippen LogP contribution in [0.1, 0.15) is 5.56 Å². The van der Waals surface area contributed by atoms with Crippen LogP contribution in [0.2, 0.25) is 0 Å². The first kappa shape index (κ1) is 8.61. The second-order valence-electron chi connectivity index (χ2n) is 2.65. The molecule has 72 valence electrons. The maximum atomic E-state index is 12.4. The number of alkyl halides is 1. The van der Waals surface area contributed by atoms with E-state index in [4.69, 9.17) is 4.42 Å². The summed E-state index contributed by atoms with van der Waals surface area (Å²) in [5.41, 5.74) is 0.730. The summed E-state index contributed by atoms with van der Waals surface area (Å²) in [6.45, 7) is -0.721. The van der Waals surface area contributed by atoms with Crippen LogP contribution in [0.25, 0.3) is 11.1 Å². The third-order valence-electron chi connectivity index (χ3n) is 1.79. The predicted octanol–water partition coefficient (Wildman–Crippen LogP) is 2.21. The average molecular weight is 196 g/mol. The van der Waals surface area contributed by atoms with Crippen molar-refractivity contribution in [2.75, 3.05) is 0 Å². The molecule has 0 unspecified atom stereocenters. The van der Waals surface area contributed by atoms with Gasteiger partial charge in [-0.05, 0) is 6.07 Å². The standard InChI is InChI=1S/C8H5FN2O3/c9-4-5-2-1-3-6-7(5)10-8(14-6)11(12)13/h1-3H,4H2. The molecule has 0 saturated heterocycles. The van der Waals surface area contributed by atoms with Crippen molar-refractivity contribution in [2.45, 2.75) is 6.67 Å². The Balaban J connectivity index is 2.70. The number of fused-ring (bicyclic) bond motifs is 1. The van der Waals surface area contributed by atoms with Crippen LogP contribution in [-0.2, 0) is 6.67 Å². The summed E-state index contributed by atoms with van der Waals surface area (Å²) in [5.74, 6) is 0. The molecule has 0 aliphatic carbocycles. The Labute approximate surface area is 77.3 Å². The number of benzene rings is 1. The first-order valence-corrected chi connectivity index (χ1v) is 3.81. The van der Waals surface area contributed by atoms with Crippen molar-refractivity contribution < 1.29 is 13.7 Å². The number of oxazole rings is 1. The molecule has 1 heterocycles. The molecule has 1 aromatic carbocycles. The van der Waals surface area contributed by atoms with E-state index >= 15 is 0 Å². The highest BCUT2D eigenvalue weighted by atomic mass is 19.1. The minimum absolute atomic E-state index is 0.210. The highest BCUT2D eigenvalue weighted by molar-refractivity contribution is 5.77. The van der Waals surface area contributed by atoms with Crippen molar-refractivity contribution in [1.82, 2.24) is 4.98 Å². The molecule has 5 nitrogen and oxygen atoms in total. The topological polar surface area (TPSA) is 69.2 Å². The van der Waals surface area contributed by atoms with Crippen molar-refractivity contribution in [3.05, 3.63) is 33.9 Å². The predicted molar refractivity (Wildman–Crippen MR) is 45.5 cm³/mol. The molecule has 0 saturated carbocycles. The fourth-order valence-corrected chi connectivity index (χ4v) is 1.18. The average Bonchev–Trinajstić information content (AvgIpc) is 2.60. The number of para-hydroxylation sites is 1. The number of hydrogen-bond donors (Lipinski definition) is 0. The molecule has 0 bridgehead atoms. The van der Waals surface area contributed by atoms with Crippen LogP contribution in [0.5, 0.6) is 0 Å². The van der Waals surface area contributed by atoms with Crippen LogP contribution in [0, 0.1) is 10.1 Å². The van der Waals surface area contributed by atoms with Crippen LogP contribution in [0.15, 0.2) is 22.6 Å². The van der Waals surface area contributed by atoms with Crippen LogP contribution in [-0.4, -0.2) is 9.91 Å². The van der Waals surface area contributed by atoms with E-state index in [1.807, 2.05) is 0 Å². The van der Waals surface area contributed by atoms with E-state index in [1.165, 1.54) is 12.1 Å².